The lowest BCUT2D eigenvalue weighted by Gasteiger charge is -2.18. The van der Waals surface area contributed by atoms with Crippen molar-refractivity contribution in [2.24, 2.45) is 17.8 Å². The lowest BCUT2D eigenvalue weighted by molar-refractivity contribution is -0.167. The Morgan fingerprint density at radius 1 is 0.351 bits per heavy atom. The first-order chi connectivity index (χ1) is 27.6. The Bertz CT molecular complexity index is 885. The van der Waals surface area contributed by atoms with Crippen LogP contribution in [0.2, 0.25) is 0 Å². The maximum atomic E-state index is 12.8. The number of unbranched alkanes of at least 4 members (excludes halogenated alkanes) is 26. The molecule has 0 aliphatic rings. The summed E-state index contributed by atoms with van der Waals surface area (Å²) in [6.45, 7) is 13.7. The molecule has 0 aliphatic heterocycles. The average molecular weight is 807 g/mol. The minimum atomic E-state index is -0.763. The maximum absolute atomic E-state index is 12.8. The van der Waals surface area contributed by atoms with Gasteiger partial charge in [0.25, 0.3) is 0 Å². The Morgan fingerprint density at radius 2 is 0.614 bits per heavy atom. The molecule has 6 nitrogen and oxygen atoms in total. The van der Waals surface area contributed by atoms with Gasteiger partial charge >= 0.3 is 17.9 Å². The summed E-state index contributed by atoms with van der Waals surface area (Å²) in [5, 5.41) is 0. The highest BCUT2D eigenvalue weighted by Gasteiger charge is 2.19. The average Bonchev–Trinajstić information content (AvgIpc) is 3.18. The molecule has 0 amide bonds. The first kappa shape index (κ1) is 55.4. The van der Waals surface area contributed by atoms with E-state index in [0.717, 1.165) is 75.5 Å². The molecule has 57 heavy (non-hydrogen) atoms. The second-order valence-electron chi connectivity index (χ2n) is 18.6. The van der Waals surface area contributed by atoms with Crippen LogP contribution in [0.1, 0.15) is 273 Å². The Hall–Kier alpha value is -1.59. The molecule has 0 N–H and O–H groups in total. The van der Waals surface area contributed by atoms with E-state index < -0.39 is 6.10 Å². The minimum Gasteiger partial charge on any atom is -0.462 e. The molecule has 2 atom stereocenters. The van der Waals surface area contributed by atoms with Crippen LogP contribution >= 0.6 is 0 Å². The summed E-state index contributed by atoms with van der Waals surface area (Å²) >= 11 is 0. The molecule has 0 aromatic carbocycles. The van der Waals surface area contributed by atoms with E-state index in [1.165, 1.54) is 154 Å². The van der Waals surface area contributed by atoms with Crippen LogP contribution in [0, 0.1) is 17.8 Å². The molecule has 0 heterocycles. The third-order valence-electron chi connectivity index (χ3n) is 11.8. The number of hydrogen-bond acceptors (Lipinski definition) is 6. The van der Waals surface area contributed by atoms with Crippen LogP contribution in [0.15, 0.2) is 0 Å². The van der Waals surface area contributed by atoms with Crippen molar-refractivity contribution in [1.82, 2.24) is 0 Å². The standard InChI is InChI=1S/C51H98O6/c1-7-47(6)39-33-27-21-17-18-23-29-35-41-50(53)56-44-48(57-51(54)42-36-30-24-16-12-11-14-20-26-32-38-46(4)5)43-55-49(52)40-34-28-22-15-10-8-9-13-19-25-31-37-45(2)3/h45-48H,7-44H2,1-6H3/t47?,48-/m0/s1. The van der Waals surface area contributed by atoms with Crippen LogP contribution < -0.4 is 0 Å². The monoisotopic (exact) mass is 807 g/mol. The third kappa shape index (κ3) is 43.8. The predicted molar refractivity (Wildman–Crippen MR) is 243 cm³/mol. The van der Waals surface area contributed by atoms with Crippen molar-refractivity contribution in [1.29, 1.82) is 0 Å². The normalized spacial score (nSPS) is 12.6. The van der Waals surface area contributed by atoms with Gasteiger partial charge < -0.3 is 14.2 Å². The Balaban J connectivity index is 4.34. The summed E-state index contributed by atoms with van der Waals surface area (Å²) in [5.74, 6) is 1.63. The van der Waals surface area contributed by atoms with Crippen LogP contribution in [0.4, 0.5) is 0 Å². The lowest BCUT2D eigenvalue weighted by atomic mass is 9.99. The number of carbonyl (C=O) groups is 3. The zero-order valence-electron chi connectivity index (χ0n) is 39.1. The molecule has 0 aromatic rings. The summed E-state index contributed by atoms with van der Waals surface area (Å²) < 4.78 is 16.8. The van der Waals surface area contributed by atoms with E-state index in [9.17, 15) is 14.4 Å². The highest BCUT2D eigenvalue weighted by Crippen LogP contribution is 2.18. The minimum absolute atomic E-state index is 0.0653. The van der Waals surface area contributed by atoms with Gasteiger partial charge in [-0.05, 0) is 37.0 Å². The molecule has 0 rings (SSSR count). The fourth-order valence-electron chi connectivity index (χ4n) is 7.55. The quantitative estimate of drug-likeness (QED) is 0.0347. The summed E-state index contributed by atoms with van der Waals surface area (Å²) in [4.78, 5) is 37.9. The van der Waals surface area contributed by atoms with E-state index >= 15 is 0 Å². The zero-order valence-corrected chi connectivity index (χ0v) is 39.1. The van der Waals surface area contributed by atoms with Crippen LogP contribution in [0.5, 0.6) is 0 Å². The number of esters is 3. The molecule has 0 bridgehead atoms. The van der Waals surface area contributed by atoms with Gasteiger partial charge in [-0.2, -0.15) is 0 Å². The molecule has 0 saturated heterocycles. The molecule has 0 saturated carbocycles. The highest BCUT2D eigenvalue weighted by molar-refractivity contribution is 5.71. The van der Waals surface area contributed by atoms with Crippen LogP contribution in [0.25, 0.3) is 0 Å². The van der Waals surface area contributed by atoms with Gasteiger partial charge in [0.2, 0.25) is 0 Å². The third-order valence-corrected chi connectivity index (χ3v) is 11.8. The zero-order chi connectivity index (χ0) is 42.0. The van der Waals surface area contributed by atoms with E-state index in [2.05, 4.69) is 41.5 Å². The molecule has 0 radical (unpaired) electrons. The second kappa shape index (κ2) is 42.5. The molecule has 338 valence electrons. The van der Waals surface area contributed by atoms with Crippen molar-refractivity contribution < 1.29 is 28.6 Å². The van der Waals surface area contributed by atoms with E-state index in [0.29, 0.717) is 19.3 Å². The molecule has 0 fully saturated rings. The van der Waals surface area contributed by atoms with Gasteiger partial charge in [-0.3, -0.25) is 14.4 Å². The van der Waals surface area contributed by atoms with Crippen LogP contribution in [-0.4, -0.2) is 37.2 Å². The Kier molecular flexibility index (Phi) is 41.3. The van der Waals surface area contributed by atoms with Gasteiger partial charge in [-0.25, -0.2) is 0 Å². The van der Waals surface area contributed by atoms with Crippen molar-refractivity contribution in [2.45, 2.75) is 279 Å². The van der Waals surface area contributed by atoms with E-state index in [-0.39, 0.29) is 31.1 Å². The molecule has 0 spiro atoms. The van der Waals surface area contributed by atoms with Crippen LogP contribution in [0.3, 0.4) is 0 Å². The van der Waals surface area contributed by atoms with Crippen molar-refractivity contribution >= 4 is 17.9 Å². The van der Waals surface area contributed by atoms with Crippen LogP contribution in [-0.2, 0) is 28.6 Å². The topological polar surface area (TPSA) is 78.9 Å². The second-order valence-corrected chi connectivity index (χ2v) is 18.6. The van der Waals surface area contributed by atoms with Gasteiger partial charge in [-0.15, -0.1) is 0 Å². The summed E-state index contributed by atoms with van der Waals surface area (Å²) in [7, 11) is 0. The van der Waals surface area contributed by atoms with Gasteiger partial charge in [0.1, 0.15) is 13.2 Å². The fourth-order valence-corrected chi connectivity index (χ4v) is 7.55. The first-order valence-electron chi connectivity index (χ1n) is 25.1. The van der Waals surface area contributed by atoms with Gasteiger partial charge in [0, 0.05) is 19.3 Å². The number of carbonyl (C=O) groups excluding carboxylic acids is 3. The van der Waals surface area contributed by atoms with Gasteiger partial charge in [0.15, 0.2) is 6.10 Å². The molecule has 0 aliphatic carbocycles. The van der Waals surface area contributed by atoms with E-state index in [1.54, 1.807) is 0 Å². The molecular weight excluding hydrogens is 709 g/mol. The SMILES string of the molecule is CCC(C)CCCCCCCCCCC(=O)OC[C@H](COC(=O)CCCCCCCCCCCCCC(C)C)OC(=O)CCCCCCCCCCCCC(C)C. The lowest BCUT2D eigenvalue weighted by Crippen LogP contribution is -2.30. The van der Waals surface area contributed by atoms with E-state index in [4.69, 9.17) is 14.2 Å². The van der Waals surface area contributed by atoms with Gasteiger partial charge in [0.05, 0.1) is 0 Å². The smallest absolute Gasteiger partial charge is 0.306 e. The Labute approximate surface area is 355 Å². The number of hydrogen-bond donors (Lipinski definition) is 0. The van der Waals surface area contributed by atoms with Crippen molar-refractivity contribution in [3.63, 3.8) is 0 Å². The highest BCUT2D eigenvalue weighted by atomic mass is 16.6. The van der Waals surface area contributed by atoms with Crippen molar-refractivity contribution in [2.75, 3.05) is 13.2 Å². The van der Waals surface area contributed by atoms with Gasteiger partial charge in [-0.1, -0.05) is 234 Å². The molecule has 6 heteroatoms. The maximum Gasteiger partial charge on any atom is 0.306 e. The first-order valence-corrected chi connectivity index (χ1v) is 25.1. The van der Waals surface area contributed by atoms with Crippen molar-refractivity contribution in [3.8, 4) is 0 Å². The van der Waals surface area contributed by atoms with E-state index in [1.807, 2.05) is 0 Å². The number of ether oxygens (including phenoxy) is 3. The summed E-state index contributed by atoms with van der Waals surface area (Å²) in [5.41, 5.74) is 0. The van der Waals surface area contributed by atoms with Crippen molar-refractivity contribution in [3.05, 3.63) is 0 Å². The molecular formula is C51H98O6. The summed E-state index contributed by atoms with van der Waals surface area (Å²) in [6.07, 6.45) is 40.8. The molecule has 1 unspecified atom stereocenters. The molecule has 0 aromatic heterocycles. The predicted octanol–water partition coefficient (Wildman–Crippen LogP) is 16.0. The Morgan fingerprint density at radius 3 is 0.912 bits per heavy atom. The number of rotatable bonds is 44. The summed E-state index contributed by atoms with van der Waals surface area (Å²) in [6, 6.07) is 0. The fraction of sp³-hybridized carbons (Fsp3) is 0.941. The largest absolute Gasteiger partial charge is 0.462 e.